The van der Waals surface area contributed by atoms with Gasteiger partial charge in [-0.15, -0.1) is 0 Å². The summed E-state index contributed by atoms with van der Waals surface area (Å²) in [6, 6.07) is 0. The van der Waals surface area contributed by atoms with Gasteiger partial charge < -0.3 is 5.32 Å². The summed E-state index contributed by atoms with van der Waals surface area (Å²) in [4.78, 5) is 0. The van der Waals surface area contributed by atoms with E-state index in [1.54, 1.807) is 0 Å². The zero-order chi connectivity index (χ0) is 7.84. The Morgan fingerprint density at radius 3 is 3.09 bits per heavy atom. The van der Waals surface area contributed by atoms with Gasteiger partial charge in [-0.25, -0.2) is 0 Å². The van der Waals surface area contributed by atoms with Gasteiger partial charge in [0, 0.05) is 17.8 Å². The van der Waals surface area contributed by atoms with Crippen molar-refractivity contribution in [2.75, 3.05) is 11.9 Å². The lowest BCUT2D eigenvalue weighted by molar-refractivity contribution is 0.679. The maximum Gasteiger partial charge on any atom is 0.151 e. The summed E-state index contributed by atoms with van der Waals surface area (Å²) in [5.41, 5.74) is 2.58. The van der Waals surface area contributed by atoms with Gasteiger partial charge in [-0.1, -0.05) is 6.92 Å². The summed E-state index contributed by atoms with van der Waals surface area (Å²) in [5.74, 6) is 1.71. The van der Waals surface area contributed by atoms with Gasteiger partial charge in [0.25, 0.3) is 0 Å². The van der Waals surface area contributed by atoms with Crippen LogP contribution in [0.15, 0.2) is 0 Å². The van der Waals surface area contributed by atoms with Crippen LogP contribution in [0.3, 0.4) is 0 Å². The van der Waals surface area contributed by atoms with Crippen LogP contribution in [0.2, 0.25) is 0 Å². The lowest BCUT2D eigenvalue weighted by Gasteiger charge is -2.19. The molecule has 0 radical (unpaired) electrons. The number of rotatable bonds is 0. The first-order valence-corrected chi connectivity index (χ1v) is 4.08. The van der Waals surface area contributed by atoms with E-state index >= 15 is 0 Å². The van der Waals surface area contributed by atoms with Gasteiger partial charge in [0.15, 0.2) is 5.82 Å². The molecule has 0 amide bonds. The number of fused-ring (bicyclic) bond motifs is 1. The second-order valence-corrected chi connectivity index (χ2v) is 3.23. The van der Waals surface area contributed by atoms with Gasteiger partial charge in [-0.3, -0.25) is 5.10 Å². The fraction of sp³-hybridized carbons (Fsp3) is 0.625. The molecule has 0 saturated carbocycles. The van der Waals surface area contributed by atoms with Gasteiger partial charge in [0.05, 0.1) is 0 Å². The molecule has 2 heterocycles. The third-order valence-corrected chi connectivity index (χ3v) is 2.36. The molecule has 11 heavy (non-hydrogen) atoms. The molecule has 60 valence electrons. The highest BCUT2D eigenvalue weighted by molar-refractivity contribution is 5.50. The molecular weight excluding hydrogens is 138 g/mol. The molecule has 3 nitrogen and oxygen atoms in total. The van der Waals surface area contributed by atoms with Crippen molar-refractivity contribution in [1.82, 2.24) is 10.2 Å². The first-order valence-electron chi connectivity index (χ1n) is 4.08. The summed E-state index contributed by atoms with van der Waals surface area (Å²) in [6.07, 6.45) is 1.22. The average Bonchev–Trinajstić information content (AvgIpc) is 2.34. The molecule has 0 bridgehead atoms. The number of aryl methyl sites for hydroxylation is 1. The summed E-state index contributed by atoms with van der Waals surface area (Å²) in [6.45, 7) is 5.38. The highest BCUT2D eigenvalue weighted by atomic mass is 15.2. The predicted molar refractivity (Wildman–Crippen MR) is 44.8 cm³/mol. The second kappa shape index (κ2) is 2.26. The summed E-state index contributed by atoms with van der Waals surface area (Å²) in [7, 11) is 0. The van der Waals surface area contributed by atoms with Gasteiger partial charge in [0.1, 0.15) is 0 Å². The summed E-state index contributed by atoms with van der Waals surface area (Å²) < 4.78 is 0. The molecule has 2 rings (SSSR count). The largest absolute Gasteiger partial charge is 0.368 e. The topological polar surface area (TPSA) is 40.7 Å². The molecular formula is C8H13N3. The van der Waals surface area contributed by atoms with Crippen molar-refractivity contribution in [3.8, 4) is 0 Å². The van der Waals surface area contributed by atoms with Crippen LogP contribution < -0.4 is 5.32 Å². The normalized spacial score (nSPS) is 22.5. The third-order valence-electron chi connectivity index (χ3n) is 2.36. The molecule has 2 N–H and O–H groups in total. The minimum absolute atomic E-state index is 0.657. The van der Waals surface area contributed by atoms with E-state index in [0.717, 1.165) is 12.4 Å². The zero-order valence-corrected chi connectivity index (χ0v) is 6.94. The molecule has 1 aliphatic rings. The minimum atomic E-state index is 0.657. The highest BCUT2D eigenvalue weighted by Gasteiger charge is 2.20. The van der Waals surface area contributed by atoms with E-state index in [-0.39, 0.29) is 0 Å². The van der Waals surface area contributed by atoms with Crippen LogP contribution in [0.5, 0.6) is 0 Å². The maximum atomic E-state index is 4.17. The van der Waals surface area contributed by atoms with E-state index in [2.05, 4.69) is 29.4 Å². The molecule has 1 unspecified atom stereocenters. The predicted octanol–water partition coefficient (Wildman–Crippen LogP) is 1.64. The van der Waals surface area contributed by atoms with E-state index in [4.69, 9.17) is 0 Å². The van der Waals surface area contributed by atoms with Crippen LogP contribution in [0.4, 0.5) is 5.82 Å². The molecule has 1 aromatic heterocycles. The van der Waals surface area contributed by atoms with Crippen molar-refractivity contribution in [2.45, 2.75) is 26.2 Å². The molecule has 0 saturated heterocycles. The van der Waals surface area contributed by atoms with E-state index in [1.807, 2.05) is 0 Å². The van der Waals surface area contributed by atoms with Crippen molar-refractivity contribution >= 4 is 5.82 Å². The first-order chi connectivity index (χ1) is 5.29. The number of H-pyrrole nitrogens is 1. The van der Waals surface area contributed by atoms with Crippen LogP contribution in [-0.2, 0) is 0 Å². The van der Waals surface area contributed by atoms with E-state index in [1.165, 1.54) is 17.7 Å². The summed E-state index contributed by atoms with van der Waals surface area (Å²) >= 11 is 0. The van der Waals surface area contributed by atoms with Crippen LogP contribution in [0, 0.1) is 6.92 Å². The molecule has 0 aromatic carbocycles. The molecule has 1 aliphatic heterocycles. The molecule has 1 aromatic rings. The van der Waals surface area contributed by atoms with Crippen molar-refractivity contribution < 1.29 is 0 Å². The van der Waals surface area contributed by atoms with Gasteiger partial charge in [-0.05, 0) is 19.3 Å². The smallest absolute Gasteiger partial charge is 0.151 e. The molecule has 1 atom stereocenters. The Morgan fingerprint density at radius 2 is 2.36 bits per heavy atom. The van der Waals surface area contributed by atoms with Crippen molar-refractivity contribution in [1.29, 1.82) is 0 Å². The number of nitrogens with zero attached hydrogens (tertiary/aromatic N) is 1. The minimum Gasteiger partial charge on any atom is -0.368 e. The lowest BCUT2D eigenvalue weighted by Crippen LogP contribution is -2.14. The summed E-state index contributed by atoms with van der Waals surface area (Å²) in [5, 5.41) is 10.4. The van der Waals surface area contributed by atoms with E-state index < -0.39 is 0 Å². The molecule has 3 heteroatoms. The Bertz CT molecular complexity index is 264. The number of nitrogens with one attached hydrogen (secondary N) is 2. The monoisotopic (exact) mass is 151 g/mol. The maximum absolute atomic E-state index is 4.17. The van der Waals surface area contributed by atoms with Gasteiger partial charge >= 0.3 is 0 Å². The quantitative estimate of drug-likeness (QED) is 0.591. The van der Waals surface area contributed by atoms with Crippen LogP contribution in [0.25, 0.3) is 0 Å². The number of aromatic nitrogens is 2. The Balaban J connectivity index is 2.48. The lowest BCUT2D eigenvalue weighted by atomic mass is 9.95. The SMILES string of the molecule is Cc1[nH]nc2c1C(C)CCN2. The van der Waals surface area contributed by atoms with Crippen LogP contribution >= 0.6 is 0 Å². The Morgan fingerprint density at radius 1 is 1.55 bits per heavy atom. The standard InChI is InChI=1S/C8H13N3/c1-5-3-4-9-8-7(5)6(2)10-11-8/h5H,3-4H2,1-2H3,(H2,9,10,11). The number of hydrogen-bond donors (Lipinski definition) is 2. The Hall–Kier alpha value is -0.990. The van der Waals surface area contributed by atoms with Crippen LogP contribution in [0.1, 0.15) is 30.5 Å². The number of aromatic amines is 1. The van der Waals surface area contributed by atoms with Crippen LogP contribution in [-0.4, -0.2) is 16.7 Å². The van der Waals surface area contributed by atoms with Crippen molar-refractivity contribution in [3.05, 3.63) is 11.3 Å². The number of anilines is 1. The van der Waals surface area contributed by atoms with Crippen molar-refractivity contribution in [3.63, 3.8) is 0 Å². The number of hydrogen-bond acceptors (Lipinski definition) is 2. The first kappa shape index (κ1) is 6.70. The molecule has 0 fully saturated rings. The average molecular weight is 151 g/mol. The van der Waals surface area contributed by atoms with E-state index in [0.29, 0.717) is 5.92 Å². The van der Waals surface area contributed by atoms with Crippen molar-refractivity contribution in [2.24, 2.45) is 0 Å². The fourth-order valence-corrected chi connectivity index (χ4v) is 1.73. The highest BCUT2D eigenvalue weighted by Crippen LogP contribution is 2.31. The Kier molecular flexibility index (Phi) is 1.37. The fourth-order valence-electron chi connectivity index (χ4n) is 1.73. The molecule has 0 aliphatic carbocycles. The zero-order valence-electron chi connectivity index (χ0n) is 6.94. The van der Waals surface area contributed by atoms with E-state index in [9.17, 15) is 0 Å². The Labute approximate surface area is 66.2 Å². The molecule has 0 spiro atoms. The van der Waals surface area contributed by atoms with Gasteiger partial charge in [-0.2, -0.15) is 5.10 Å². The third kappa shape index (κ3) is 0.914. The van der Waals surface area contributed by atoms with Gasteiger partial charge in [0.2, 0.25) is 0 Å². The second-order valence-electron chi connectivity index (χ2n) is 3.23.